The van der Waals surface area contributed by atoms with Crippen LogP contribution in [0.1, 0.15) is 28.6 Å². The molecule has 0 aliphatic rings. The van der Waals surface area contributed by atoms with E-state index in [4.69, 9.17) is 4.74 Å². The Morgan fingerprint density at radius 2 is 2.14 bits per heavy atom. The minimum Gasteiger partial charge on any atom is -0.492 e. The lowest BCUT2D eigenvalue weighted by Gasteiger charge is -2.09. The molecule has 0 saturated carbocycles. The number of amides is 1. The Balaban J connectivity index is 1.84. The van der Waals surface area contributed by atoms with Gasteiger partial charge in [0.05, 0.1) is 16.0 Å². The Morgan fingerprint density at radius 1 is 1.32 bits per heavy atom. The van der Waals surface area contributed by atoms with Gasteiger partial charge in [0.2, 0.25) is 0 Å². The van der Waals surface area contributed by atoms with E-state index in [1.165, 1.54) is 11.3 Å². The number of carbonyl (C=O) groups excluding carboxylic acids is 1. The first kappa shape index (κ1) is 17.5. The highest BCUT2D eigenvalue weighted by molar-refractivity contribution is 9.10. The van der Waals surface area contributed by atoms with Crippen LogP contribution < -0.4 is 10.1 Å². The van der Waals surface area contributed by atoms with Gasteiger partial charge in [0.25, 0.3) is 5.91 Å². The molecule has 6 heteroatoms. The summed E-state index contributed by atoms with van der Waals surface area (Å²) in [6, 6.07) is 7.87. The fourth-order valence-electron chi connectivity index (χ4n) is 1.87. The summed E-state index contributed by atoms with van der Waals surface area (Å²) in [6.07, 6.45) is 1.77. The van der Waals surface area contributed by atoms with Gasteiger partial charge in [-0.1, -0.05) is 13.0 Å². The molecule has 118 valence electrons. The first-order valence-corrected chi connectivity index (χ1v) is 9.50. The van der Waals surface area contributed by atoms with Crippen LogP contribution in [-0.4, -0.2) is 19.1 Å². The fraction of sp³-hybridized carbons (Fsp3) is 0.312. The predicted octanol–water partition coefficient (Wildman–Crippen LogP) is 5.03. The highest BCUT2D eigenvalue weighted by Crippen LogP contribution is 2.26. The van der Waals surface area contributed by atoms with Gasteiger partial charge in [-0.2, -0.15) is 0 Å². The van der Waals surface area contributed by atoms with E-state index in [1.807, 2.05) is 29.6 Å². The van der Waals surface area contributed by atoms with Crippen LogP contribution in [0.2, 0.25) is 0 Å². The largest absolute Gasteiger partial charge is 0.492 e. The minimum atomic E-state index is -0.0299. The van der Waals surface area contributed by atoms with Crippen LogP contribution >= 0.6 is 43.2 Å². The van der Waals surface area contributed by atoms with E-state index in [2.05, 4.69) is 44.1 Å². The number of ether oxygens (including phenoxy) is 1. The number of carbonyl (C=O) groups is 1. The number of thiophene rings is 1. The number of nitrogens with one attached hydrogen (secondary N) is 1. The lowest BCUT2D eigenvalue weighted by atomic mass is 10.1. The van der Waals surface area contributed by atoms with Crippen molar-refractivity contribution < 1.29 is 9.53 Å². The van der Waals surface area contributed by atoms with Crippen molar-refractivity contribution in [2.24, 2.45) is 0 Å². The molecule has 3 nitrogen and oxygen atoms in total. The van der Waals surface area contributed by atoms with Gasteiger partial charge >= 0.3 is 0 Å². The first-order valence-electron chi connectivity index (χ1n) is 7.03. The maximum atomic E-state index is 11.9. The third-order valence-electron chi connectivity index (χ3n) is 2.95. The van der Waals surface area contributed by atoms with Crippen LogP contribution in [0, 0.1) is 0 Å². The topological polar surface area (TPSA) is 38.3 Å². The number of benzene rings is 1. The zero-order valence-corrected chi connectivity index (χ0v) is 16.2. The van der Waals surface area contributed by atoms with Gasteiger partial charge in [-0.3, -0.25) is 4.79 Å². The van der Waals surface area contributed by atoms with Gasteiger partial charge in [0.15, 0.2) is 0 Å². The van der Waals surface area contributed by atoms with Gasteiger partial charge in [0.1, 0.15) is 5.75 Å². The molecule has 1 amide bonds. The van der Waals surface area contributed by atoms with E-state index in [9.17, 15) is 4.79 Å². The van der Waals surface area contributed by atoms with E-state index in [1.54, 1.807) is 0 Å². The third kappa shape index (κ3) is 5.11. The Hall–Kier alpha value is -0.850. The maximum Gasteiger partial charge on any atom is 0.261 e. The predicted molar refractivity (Wildman–Crippen MR) is 98.0 cm³/mol. The molecule has 1 N–H and O–H groups in total. The Morgan fingerprint density at radius 3 is 2.77 bits per heavy atom. The molecule has 0 aliphatic heterocycles. The zero-order valence-electron chi connectivity index (χ0n) is 12.2. The van der Waals surface area contributed by atoms with Crippen molar-refractivity contribution in [3.8, 4) is 5.75 Å². The van der Waals surface area contributed by atoms with Gasteiger partial charge in [-0.25, -0.2) is 0 Å². The monoisotopic (exact) mass is 445 g/mol. The van der Waals surface area contributed by atoms with Crippen molar-refractivity contribution in [2.75, 3.05) is 13.2 Å². The van der Waals surface area contributed by atoms with E-state index < -0.39 is 0 Å². The maximum absolute atomic E-state index is 11.9. The molecule has 0 unspecified atom stereocenters. The highest BCUT2D eigenvalue weighted by atomic mass is 79.9. The highest BCUT2D eigenvalue weighted by Gasteiger charge is 2.08. The normalized spacial score (nSPS) is 10.5. The summed E-state index contributed by atoms with van der Waals surface area (Å²) in [6.45, 7) is 3.40. The number of hydrogen-bond donors (Lipinski definition) is 1. The van der Waals surface area contributed by atoms with Crippen LogP contribution in [0.25, 0.3) is 0 Å². The van der Waals surface area contributed by atoms with Gasteiger partial charge in [-0.15, -0.1) is 11.3 Å². The molecule has 0 atom stereocenters. The molecule has 0 radical (unpaired) electrons. The summed E-state index contributed by atoms with van der Waals surface area (Å²) in [5.41, 5.74) is 1.16. The minimum absolute atomic E-state index is 0.0299. The van der Waals surface area contributed by atoms with Crippen molar-refractivity contribution >= 4 is 49.1 Å². The van der Waals surface area contributed by atoms with Crippen LogP contribution in [-0.2, 0) is 6.42 Å². The van der Waals surface area contributed by atoms with Crippen molar-refractivity contribution in [1.82, 2.24) is 5.32 Å². The van der Waals surface area contributed by atoms with Crippen molar-refractivity contribution in [1.29, 1.82) is 0 Å². The Bertz CT molecular complexity index is 643. The van der Waals surface area contributed by atoms with Crippen LogP contribution in [0.15, 0.2) is 38.6 Å². The quantitative estimate of drug-likeness (QED) is 0.647. The first-order chi connectivity index (χ1) is 10.6. The molecule has 0 aliphatic carbocycles. The van der Waals surface area contributed by atoms with Crippen molar-refractivity contribution in [3.63, 3.8) is 0 Å². The van der Waals surface area contributed by atoms with Crippen molar-refractivity contribution in [3.05, 3.63) is 49.0 Å². The van der Waals surface area contributed by atoms with Gasteiger partial charge < -0.3 is 10.1 Å². The molecule has 2 aromatic rings. The number of hydrogen-bond acceptors (Lipinski definition) is 3. The van der Waals surface area contributed by atoms with Crippen LogP contribution in [0.3, 0.4) is 0 Å². The smallest absolute Gasteiger partial charge is 0.261 e. The van der Waals surface area contributed by atoms with Crippen molar-refractivity contribution in [2.45, 2.75) is 19.8 Å². The van der Waals surface area contributed by atoms with Gasteiger partial charge in [0, 0.05) is 16.4 Å². The van der Waals surface area contributed by atoms with Crippen LogP contribution in [0.4, 0.5) is 0 Å². The summed E-state index contributed by atoms with van der Waals surface area (Å²) in [5.74, 6) is 0.829. The second-order valence-electron chi connectivity index (χ2n) is 4.75. The molecule has 0 bridgehead atoms. The van der Waals surface area contributed by atoms with E-state index in [0.717, 1.165) is 38.0 Å². The Labute approximate surface area is 151 Å². The molecule has 1 aromatic carbocycles. The second kappa shape index (κ2) is 8.70. The molecule has 0 spiro atoms. The Kier molecular flexibility index (Phi) is 6.92. The van der Waals surface area contributed by atoms with Gasteiger partial charge in [-0.05, 0) is 68.5 Å². The summed E-state index contributed by atoms with van der Waals surface area (Å²) in [7, 11) is 0. The molecule has 22 heavy (non-hydrogen) atoms. The van der Waals surface area contributed by atoms with E-state index in [0.29, 0.717) is 13.2 Å². The fourth-order valence-corrected chi connectivity index (χ4v) is 3.75. The molecule has 1 heterocycles. The molecular formula is C16H17Br2NO2S. The molecule has 1 aromatic heterocycles. The standard InChI is InChI=1S/C16H17Br2NO2S/c1-2-7-21-14-4-3-11(8-13(14)18)5-6-19-16(20)15-9-12(17)10-22-15/h3-4,8-10H,2,5-7H2,1H3,(H,19,20). The average Bonchev–Trinajstić information content (AvgIpc) is 2.93. The molecule has 2 rings (SSSR count). The van der Waals surface area contributed by atoms with E-state index >= 15 is 0 Å². The lowest BCUT2D eigenvalue weighted by molar-refractivity contribution is 0.0958. The summed E-state index contributed by atoms with van der Waals surface area (Å²) in [4.78, 5) is 12.7. The molecule has 0 saturated heterocycles. The average molecular weight is 447 g/mol. The molecule has 0 fully saturated rings. The van der Waals surface area contributed by atoms with Crippen LogP contribution in [0.5, 0.6) is 5.75 Å². The summed E-state index contributed by atoms with van der Waals surface area (Å²) in [5, 5.41) is 4.84. The summed E-state index contributed by atoms with van der Waals surface area (Å²) < 4.78 is 7.51. The molecular weight excluding hydrogens is 430 g/mol. The van der Waals surface area contributed by atoms with E-state index in [-0.39, 0.29) is 5.91 Å². The second-order valence-corrected chi connectivity index (χ2v) is 7.43. The zero-order chi connectivity index (χ0) is 15.9. The SMILES string of the molecule is CCCOc1ccc(CCNC(=O)c2cc(Br)cs2)cc1Br. The summed E-state index contributed by atoms with van der Waals surface area (Å²) >= 11 is 8.31. The third-order valence-corrected chi connectivity index (χ3v) is 5.26. The number of rotatable bonds is 7. The number of halogens is 2. The lowest BCUT2D eigenvalue weighted by Crippen LogP contribution is -2.24.